The number of benzene rings is 1. The molecule has 0 aliphatic heterocycles. The lowest BCUT2D eigenvalue weighted by Gasteiger charge is -2.05. The van der Waals surface area contributed by atoms with Crippen molar-refractivity contribution < 1.29 is 0 Å². The summed E-state index contributed by atoms with van der Waals surface area (Å²) in [6, 6.07) is 10.2. The van der Waals surface area contributed by atoms with Gasteiger partial charge in [-0.15, -0.1) is 0 Å². The molecular weight excluding hydrogens is 238 g/mol. The molecule has 19 heavy (non-hydrogen) atoms. The molecule has 3 rings (SSSR count). The number of H-pyrrole nitrogens is 1. The minimum atomic E-state index is 0.775. The lowest BCUT2D eigenvalue weighted by atomic mass is 10.1. The van der Waals surface area contributed by atoms with Crippen LogP contribution in [0.1, 0.15) is 5.56 Å². The number of aromatic nitrogens is 4. The highest BCUT2D eigenvalue weighted by atomic mass is 15.2. The number of rotatable bonds is 4. The Kier molecular flexibility index (Phi) is 3.02. The fraction of sp³-hybridized carbons (Fsp3) is 0.143. The number of nitrogens with zero attached hydrogens (tertiary/aromatic N) is 3. The zero-order valence-electron chi connectivity index (χ0n) is 10.7. The van der Waals surface area contributed by atoms with Gasteiger partial charge in [-0.25, -0.2) is 0 Å². The van der Waals surface area contributed by atoms with E-state index in [1.807, 2.05) is 25.5 Å². The van der Waals surface area contributed by atoms with E-state index in [1.54, 1.807) is 10.9 Å². The quantitative estimate of drug-likeness (QED) is 0.750. The fourth-order valence-corrected chi connectivity index (χ4v) is 1.95. The molecule has 0 spiro atoms. The second-order valence-electron chi connectivity index (χ2n) is 4.42. The van der Waals surface area contributed by atoms with E-state index in [1.165, 1.54) is 5.56 Å². The summed E-state index contributed by atoms with van der Waals surface area (Å²) in [6.45, 7) is 0.775. The van der Waals surface area contributed by atoms with Crippen molar-refractivity contribution in [3.63, 3.8) is 0 Å². The van der Waals surface area contributed by atoms with Crippen molar-refractivity contribution in [3.8, 4) is 11.3 Å². The van der Waals surface area contributed by atoms with Gasteiger partial charge in [0.1, 0.15) is 0 Å². The van der Waals surface area contributed by atoms with E-state index in [2.05, 4.69) is 44.9 Å². The number of hydrogen-bond donors (Lipinski definition) is 2. The van der Waals surface area contributed by atoms with Gasteiger partial charge >= 0.3 is 0 Å². The van der Waals surface area contributed by atoms with E-state index in [-0.39, 0.29) is 0 Å². The SMILES string of the molecule is Cn1cc(CNc2ccc(-c3ccn[nH]3)cc2)cn1. The molecule has 2 heterocycles. The lowest BCUT2D eigenvalue weighted by molar-refractivity contribution is 0.767. The van der Waals surface area contributed by atoms with E-state index in [0.29, 0.717) is 0 Å². The molecule has 0 saturated heterocycles. The first-order valence-corrected chi connectivity index (χ1v) is 6.12. The Morgan fingerprint density at radius 3 is 2.68 bits per heavy atom. The second kappa shape index (κ2) is 4.97. The van der Waals surface area contributed by atoms with Crippen LogP contribution in [0.25, 0.3) is 11.3 Å². The second-order valence-corrected chi connectivity index (χ2v) is 4.42. The molecule has 0 unspecified atom stereocenters. The maximum Gasteiger partial charge on any atom is 0.0650 e. The van der Waals surface area contributed by atoms with Crippen molar-refractivity contribution in [2.45, 2.75) is 6.54 Å². The van der Waals surface area contributed by atoms with Crippen molar-refractivity contribution in [2.24, 2.45) is 7.05 Å². The summed E-state index contributed by atoms with van der Waals surface area (Å²) in [5.74, 6) is 0. The molecule has 2 N–H and O–H groups in total. The number of nitrogens with one attached hydrogen (secondary N) is 2. The van der Waals surface area contributed by atoms with Crippen molar-refractivity contribution in [1.29, 1.82) is 0 Å². The first kappa shape index (κ1) is 11.5. The number of aromatic amines is 1. The average Bonchev–Trinajstić information content (AvgIpc) is 3.08. The van der Waals surface area contributed by atoms with Crippen LogP contribution in [0.15, 0.2) is 48.9 Å². The first-order valence-electron chi connectivity index (χ1n) is 6.12. The van der Waals surface area contributed by atoms with Crippen molar-refractivity contribution in [1.82, 2.24) is 20.0 Å². The molecule has 0 radical (unpaired) electrons. The summed E-state index contributed by atoms with van der Waals surface area (Å²) >= 11 is 0. The van der Waals surface area contributed by atoms with Crippen LogP contribution < -0.4 is 5.32 Å². The van der Waals surface area contributed by atoms with Crippen LogP contribution in [0, 0.1) is 0 Å². The molecule has 0 atom stereocenters. The van der Waals surface area contributed by atoms with Gasteiger partial charge < -0.3 is 5.32 Å². The Hall–Kier alpha value is -2.56. The topological polar surface area (TPSA) is 58.5 Å². The third-order valence-electron chi connectivity index (χ3n) is 2.95. The van der Waals surface area contributed by atoms with E-state index < -0.39 is 0 Å². The minimum Gasteiger partial charge on any atom is -0.381 e. The number of anilines is 1. The molecule has 3 aromatic rings. The minimum absolute atomic E-state index is 0.775. The van der Waals surface area contributed by atoms with Gasteiger partial charge in [-0.3, -0.25) is 9.78 Å². The zero-order valence-corrected chi connectivity index (χ0v) is 10.7. The third-order valence-corrected chi connectivity index (χ3v) is 2.95. The van der Waals surface area contributed by atoms with Crippen LogP contribution in [-0.4, -0.2) is 20.0 Å². The third kappa shape index (κ3) is 2.65. The van der Waals surface area contributed by atoms with E-state index in [9.17, 15) is 0 Å². The summed E-state index contributed by atoms with van der Waals surface area (Å²) in [6.07, 6.45) is 5.63. The van der Waals surface area contributed by atoms with Crippen LogP contribution in [0.3, 0.4) is 0 Å². The smallest absolute Gasteiger partial charge is 0.0650 e. The van der Waals surface area contributed by atoms with Gasteiger partial charge in [-0.2, -0.15) is 10.2 Å². The summed E-state index contributed by atoms with van der Waals surface area (Å²) in [5.41, 5.74) is 4.41. The molecule has 96 valence electrons. The summed E-state index contributed by atoms with van der Waals surface area (Å²) in [4.78, 5) is 0. The largest absolute Gasteiger partial charge is 0.381 e. The molecule has 2 aromatic heterocycles. The van der Waals surface area contributed by atoms with Gasteiger partial charge in [0.25, 0.3) is 0 Å². The van der Waals surface area contributed by atoms with Gasteiger partial charge in [-0.05, 0) is 23.8 Å². The summed E-state index contributed by atoms with van der Waals surface area (Å²) in [5, 5.41) is 14.4. The lowest BCUT2D eigenvalue weighted by Crippen LogP contribution is -1.98. The first-order chi connectivity index (χ1) is 9.31. The Labute approximate surface area is 111 Å². The molecule has 0 aliphatic carbocycles. The van der Waals surface area contributed by atoms with E-state index in [0.717, 1.165) is 23.5 Å². The Morgan fingerprint density at radius 1 is 1.21 bits per heavy atom. The molecule has 0 amide bonds. The van der Waals surface area contributed by atoms with Crippen LogP contribution in [0.4, 0.5) is 5.69 Å². The van der Waals surface area contributed by atoms with Crippen LogP contribution in [0.2, 0.25) is 0 Å². The molecule has 5 nitrogen and oxygen atoms in total. The molecule has 0 saturated carbocycles. The molecule has 5 heteroatoms. The normalized spacial score (nSPS) is 10.6. The summed E-state index contributed by atoms with van der Waals surface area (Å²) < 4.78 is 1.80. The number of hydrogen-bond acceptors (Lipinski definition) is 3. The molecule has 0 fully saturated rings. The van der Waals surface area contributed by atoms with Gasteiger partial charge in [0.15, 0.2) is 0 Å². The van der Waals surface area contributed by atoms with E-state index >= 15 is 0 Å². The highest BCUT2D eigenvalue weighted by Crippen LogP contribution is 2.19. The highest BCUT2D eigenvalue weighted by Gasteiger charge is 2.00. The molecule has 0 aliphatic rings. The Morgan fingerprint density at radius 2 is 2.05 bits per heavy atom. The molecule has 0 bridgehead atoms. The zero-order chi connectivity index (χ0) is 13.1. The average molecular weight is 253 g/mol. The monoisotopic (exact) mass is 253 g/mol. The fourth-order valence-electron chi connectivity index (χ4n) is 1.95. The number of aryl methyl sites for hydroxylation is 1. The molecular formula is C14H15N5. The van der Waals surface area contributed by atoms with Gasteiger partial charge in [-0.1, -0.05) is 12.1 Å². The van der Waals surface area contributed by atoms with Crippen molar-refractivity contribution in [3.05, 3.63) is 54.5 Å². The van der Waals surface area contributed by atoms with Crippen molar-refractivity contribution >= 4 is 5.69 Å². The van der Waals surface area contributed by atoms with Gasteiger partial charge in [0.2, 0.25) is 0 Å². The highest BCUT2D eigenvalue weighted by molar-refractivity contribution is 5.62. The maximum absolute atomic E-state index is 4.14. The van der Waals surface area contributed by atoms with Gasteiger partial charge in [0, 0.05) is 37.2 Å². The van der Waals surface area contributed by atoms with Crippen molar-refractivity contribution in [2.75, 3.05) is 5.32 Å². The van der Waals surface area contributed by atoms with Crippen LogP contribution in [-0.2, 0) is 13.6 Å². The van der Waals surface area contributed by atoms with Crippen LogP contribution >= 0.6 is 0 Å². The maximum atomic E-state index is 4.14. The summed E-state index contributed by atoms with van der Waals surface area (Å²) in [7, 11) is 1.92. The van der Waals surface area contributed by atoms with Gasteiger partial charge in [0.05, 0.1) is 11.9 Å². The Bertz CT molecular complexity index is 637. The van der Waals surface area contributed by atoms with Crippen LogP contribution in [0.5, 0.6) is 0 Å². The standard InChI is InChI=1S/C14H15N5/c1-19-10-11(9-17-19)8-15-13-4-2-12(3-5-13)14-6-7-16-18-14/h2-7,9-10,15H,8H2,1H3,(H,16,18). The predicted octanol–water partition coefficient (Wildman–Crippen LogP) is 2.42. The molecule has 1 aromatic carbocycles. The van der Waals surface area contributed by atoms with E-state index in [4.69, 9.17) is 0 Å². The predicted molar refractivity (Wildman–Crippen MR) is 74.6 cm³/mol. The Balaban J connectivity index is 1.66.